The molecule has 0 bridgehead atoms. The summed E-state index contributed by atoms with van der Waals surface area (Å²) in [7, 11) is 0. The zero-order valence-corrected chi connectivity index (χ0v) is 14.0. The number of hydrogen-bond donors (Lipinski definition) is 2. The quantitative estimate of drug-likeness (QED) is 0.671. The Morgan fingerprint density at radius 2 is 1.92 bits per heavy atom. The van der Waals surface area contributed by atoms with Gasteiger partial charge in [0.05, 0.1) is 16.6 Å². The number of fused-ring (bicyclic) bond motifs is 1. The molecule has 1 aromatic heterocycles. The predicted octanol–water partition coefficient (Wildman–Crippen LogP) is 4.95. The molecule has 2 aromatic carbocycles. The molecule has 1 heterocycles. The number of halogens is 3. The lowest BCUT2D eigenvalue weighted by molar-refractivity contribution is -0.135. The number of nitrogens with zero attached hydrogens (tertiary/aromatic N) is 1. The predicted molar refractivity (Wildman–Crippen MR) is 92.8 cm³/mol. The van der Waals surface area contributed by atoms with Crippen molar-refractivity contribution < 1.29 is 23.8 Å². The van der Waals surface area contributed by atoms with Crippen molar-refractivity contribution in [3.05, 3.63) is 57.6 Å². The Hall–Kier alpha value is -2.51. The van der Waals surface area contributed by atoms with Crippen LogP contribution in [0.2, 0.25) is 5.02 Å². The van der Waals surface area contributed by atoms with Gasteiger partial charge in [-0.1, -0.05) is 11.6 Å². The number of carbonyl (C=O) groups is 1. The summed E-state index contributed by atoms with van der Waals surface area (Å²) in [6.07, 6.45) is 0.955. The van der Waals surface area contributed by atoms with E-state index in [-0.39, 0.29) is 17.6 Å². The van der Waals surface area contributed by atoms with Gasteiger partial charge in [-0.15, -0.1) is 11.3 Å². The number of phenols is 1. The first-order valence-electron chi connectivity index (χ1n) is 7.00. The summed E-state index contributed by atoms with van der Waals surface area (Å²) >= 11 is 7.17. The standard InChI is InChI=1S/C17H10ClF2NO3S/c18-10-1-2-14-13(7-10)21-17(25-14)9(6-15(22)23)3-8-4-11(19)16(24)12(20)5-8/h1-5,7,24H,6H2,(H,22,23)/b9-3-. The second-order valence-electron chi connectivity index (χ2n) is 5.20. The zero-order chi connectivity index (χ0) is 18.1. The van der Waals surface area contributed by atoms with Gasteiger partial charge in [-0.05, 0) is 47.5 Å². The molecule has 0 spiro atoms. The van der Waals surface area contributed by atoms with Crippen LogP contribution in [0.3, 0.4) is 0 Å². The number of thiazole rings is 1. The van der Waals surface area contributed by atoms with Crippen LogP contribution in [0.25, 0.3) is 21.9 Å². The van der Waals surface area contributed by atoms with E-state index in [1.807, 2.05) is 0 Å². The van der Waals surface area contributed by atoms with Gasteiger partial charge in [0.2, 0.25) is 0 Å². The van der Waals surface area contributed by atoms with Crippen LogP contribution in [0, 0.1) is 11.6 Å². The number of carboxylic acids is 1. The van der Waals surface area contributed by atoms with Crippen LogP contribution < -0.4 is 0 Å². The summed E-state index contributed by atoms with van der Waals surface area (Å²) in [4.78, 5) is 15.5. The van der Waals surface area contributed by atoms with Crippen LogP contribution in [0.15, 0.2) is 30.3 Å². The van der Waals surface area contributed by atoms with Crippen molar-refractivity contribution in [1.29, 1.82) is 0 Å². The van der Waals surface area contributed by atoms with Crippen molar-refractivity contribution in [3.8, 4) is 5.75 Å². The third-order valence-electron chi connectivity index (χ3n) is 3.35. The van der Waals surface area contributed by atoms with Gasteiger partial charge >= 0.3 is 5.97 Å². The molecular weight excluding hydrogens is 372 g/mol. The molecule has 0 saturated heterocycles. The molecule has 0 saturated carbocycles. The molecule has 3 rings (SSSR count). The van der Waals surface area contributed by atoms with Gasteiger partial charge in [-0.25, -0.2) is 13.8 Å². The smallest absolute Gasteiger partial charge is 0.307 e. The van der Waals surface area contributed by atoms with Crippen molar-refractivity contribution in [1.82, 2.24) is 4.98 Å². The van der Waals surface area contributed by atoms with E-state index in [1.54, 1.807) is 18.2 Å². The topological polar surface area (TPSA) is 70.4 Å². The van der Waals surface area contributed by atoms with Gasteiger partial charge in [0, 0.05) is 5.02 Å². The fraction of sp³-hybridized carbons (Fsp3) is 0.0588. The average Bonchev–Trinajstić information content (AvgIpc) is 2.94. The highest BCUT2D eigenvalue weighted by molar-refractivity contribution is 7.19. The van der Waals surface area contributed by atoms with Crippen LogP contribution >= 0.6 is 22.9 Å². The van der Waals surface area contributed by atoms with Gasteiger partial charge in [0.1, 0.15) is 5.01 Å². The first-order chi connectivity index (χ1) is 11.8. The molecule has 8 heteroatoms. The van der Waals surface area contributed by atoms with Crippen molar-refractivity contribution in [2.45, 2.75) is 6.42 Å². The first-order valence-corrected chi connectivity index (χ1v) is 8.20. The van der Waals surface area contributed by atoms with Crippen molar-refractivity contribution in [2.24, 2.45) is 0 Å². The third kappa shape index (κ3) is 3.78. The minimum Gasteiger partial charge on any atom is -0.503 e. The van der Waals surface area contributed by atoms with Gasteiger partial charge in [-0.3, -0.25) is 4.79 Å². The van der Waals surface area contributed by atoms with E-state index in [1.165, 1.54) is 17.4 Å². The number of benzene rings is 2. The number of phenolic OH excluding ortho intramolecular Hbond substituents is 1. The number of aromatic nitrogens is 1. The lowest BCUT2D eigenvalue weighted by Crippen LogP contribution is -1.97. The second kappa shape index (κ2) is 6.78. The molecule has 0 aliphatic rings. The average molecular weight is 382 g/mol. The van der Waals surface area contributed by atoms with E-state index < -0.39 is 23.4 Å². The van der Waals surface area contributed by atoms with Crippen LogP contribution in [0.1, 0.15) is 17.0 Å². The number of carboxylic acid groups (broad SMARTS) is 1. The van der Waals surface area contributed by atoms with Gasteiger partial charge in [0.15, 0.2) is 17.4 Å². The fourth-order valence-electron chi connectivity index (χ4n) is 2.26. The summed E-state index contributed by atoms with van der Waals surface area (Å²) in [5, 5.41) is 19.2. The van der Waals surface area contributed by atoms with Crippen LogP contribution in [-0.2, 0) is 4.79 Å². The largest absolute Gasteiger partial charge is 0.503 e. The molecule has 3 aromatic rings. The monoisotopic (exact) mass is 381 g/mol. The van der Waals surface area contributed by atoms with E-state index in [0.29, 0.717) is 15.5 Å². The molecular formula is C17H10ClF2NO3S. The molecule has 0 atom stereocenters. The Morgan fingerprint density at radius 1 is 1.24 bits per heavy atom. The Kier molecular flexibility index (Phi) is 4.69. The molecule has 0 amide bonds. The molecule has 0 aliphatic carbocycles. The highest BCUT2D eigenvalue weighted by Gasteiger charge is 2.15. The lowest BCUT2D eigenvalue weighted by Gasteiger charge is -2.03. The number of aromatic hydroxyl groups is 1. The number of hydrogen-bond acceptors (Lipinski definition) is 4. The number of aliphatic carboxylic acids is 1. The Bertz CT molecular complexity index is 993. The van der Waals surface area contributed by atoms with Crippen molar-refractivity contribution in [2.75, 3.05) is 0 Å². The van der Waals surface area contributed by atoms with Gasteiger partial charge < -0.3 is 10.2 Å². The minimum absolute atomic E-state index is 0.0846. The Labute approximate surface area is 149 Å². The molecule has 0 aliphatic heterocycles. The lowest BCUT2D eigenvalue weighted by atomic mass is 10.1. The van der Waals surface area contributed by atoms with E-state index in [4.69, 9.17) is 21.8 Å². The van der Waals surface area contributed by atoms with Gasteiger partial charge in [-0.2, -0.15) is 0 Å². The Balaban J connectivity index is 2.11. The highest BCUT2D eigenvalue weighted by Crippen LogP contribution is 2.32. The summed E-state index contributed by atoms with van der Waals surface area (Å²) in [5.41, 5.74) is 0.975. The maximum atomic E-state index is 13.5. The maximum absolute atomic E-state index is 13.5. The molecule has 0 unspecified atom stereocenters. The van der Waals surface area contributed by atoms with Crippen molar-refractivity contribution >= 4 is 50.8 Å². The van der Waals surface area contributed by atoms with Crippen molar-refractivity contribution in [3.63, 3.8) is 0 Å². The zero-order valence-electron chi connectivity index (χ0n) is 12.5. The van der Waals surface area contributed by atoms with E-state index in [0.717, 1.165) is 16.8 Å². The van der Waals surface area contributed by atoms with Crippen LogP contribution in [0.4, 0.5) is 8.78 Å². The fourth-order valence-corrected chi connectivity index (χ4v) is 3.38. The van der Waals surface area contributed by atoms with E-state index in [2.05, 4.69) is 4.98 Å². The molecule has 0 fully saturated rings. The number of rotatable bonds is 4. The molecule has 4 nitrogen and oxygen atoms in total. The van der Waals surface area contributed by atoms with Crippen LogP contribution in [-0.4, -0.2) is 21.2 Å². The highest BCUT2D eigenvalue weighted by atomic mass is 35.5. The summed E-state index contributed by atoms with van der Waals surface area (Å²) in [6, 6.07) is 6.94. The molecule has 25 heavy (non-hydrogen) atoms. The second-order valence-corrected chi connectivity index (χ2v) is 6.67. The van der Waals surface area contributed by atoms with Crippen LogP contribution in [0.5, 0.6) is 5.75 Å². The third-order valence-corrected chi connectivity index (χ3v) is 4.69. The molecule has 0 radical (unpaired) electrons. The summed E-state index contributed by atoms with van der Waals surface area (Å²) < 4.78 is 27.8. The molecule has 128 valence electrons. The first kappa shape index (κ1) is 17.3. The van der Waals surface area contributed by atoms with E-state index in [9.17, 15) is 13.6 Å². The SMILES string of the molecule is O=C(O)C/C(=C/c1cc(F)c(O)c(F)c1)c1nc2cc(Cl)ccc2s1. The summed E-state index contributed by atoms with van der Waals surface area (Å²) in [6.45, 7) is 0. The van der Waals surface area contributed by atoms with E-state index >= 15 is 0 Å². The van der Waals surface area contributed by atoms with Gasteiger partial charge in [0.25, 0.3) is 0 Å². The normalized spacial score (nSPS) is 11.9. The maximum Gasteiger partial charge on any atom is 0.307 e. The summed E-state index contributed by atoms with van der Waals surface area (Å²) in [5.74, 6) is -4.44. The molecule has 2 N–H and O–H groups in total. The Morgan fingerprint density at radius 3 is 2.56 bits per heavy atom. The minimum atomic E-state index is -1.13.